The molecule has 20 heavy (non-hydrogen) atoms. The number of quaternary nitrogens is 1. The van der Waals surface area contributed by atoms with Crippen LogP contribution in [0.5, 0.6) is 0 Å². The molecule has 0 atom stereocenters. The highest BCUT2D eigenvalue weighted by Gasteiger charge is 2.04. The predicted octanol–water partition coefficient (Wildman–Crippen LogP) is 1.39. The molecule has 0 aromatic rings. The molecule has 0 aromatic carbocycles. The van der Waals surface area contributed by atoms with Gasteiger partial charge in [0.1, 0.15) is 0 Å². The van der Waals surface area contributed by atoms with Crippen LogP contribution in [0.2, 0.25) is 0 Å². The first-order valence-electron chi connectivity index (χ1n) is 7.59. The molecule has 126 valence electrons. The molecular weight excluding hydrogens is 291 g/mol. The lowest BCUT2D eigenvalue weighted by atomic mass is 10.1. The van der Waals surface area contributed by atoms with E-state index in [-0.39, 0.29) is 24.8 Å². The van der Waals surface area contributed by atoms with Crippen molar-refractivity contribution in [1.82, 2.24) is 0 Å². The van der Waals surface area contributed by atoms with Crippen molar-refractivity contribution in [2.45, 2.75) is 58.3 Å². The Kier molecular flexibility index (Phi) is 30.6. The van der Waals surface area contributed by atoms with Crippen LogP contribution in [0, 0.1) is 0 Å². The fraction of sp³-hybridized carbons (Fsp3) is 0.875. The number of rotatable bonds is 10. The Hall–Kier alpha value is 0.240. The van der Waals surface area contributed by atoms with E-state index in [1.165, 1.54) is 57.9 Å². The van der Waals surface area contributed by atoms with Crippen LogP contribution in [-0.4, -0.2) is 38.7 Å². The maximum atomic E-state index is 4.91. The summed E-state index contributed by atoms with van der Waals surface area (Å²) in [6.45, 7) is 7.54. The van der Waals surface area contributed by atoms with Gasteiger partial charge >= 0.3 is 0 Å². The van der Waals surface area contributed by atoms with Gasteiger partial charge in [-0.2, -0.15) is 0 Å². The molecule has 0 fully saturated rings. The van der Waals surface area contributed by atoms with E-state index in [0.29, 0.717) is 6.54 Å². The Morgan fingerprint density at radius 3 is 1.55 bits per heavy atom. The zero-order valence-corrected chi connectivity index (χ0v) is 15.7. The molecule has 0 heterocycles. The zero-order chi connectivity index (χ0) is 14.3. The molecule has 0 aliphatic rings. The van der Waals surface area contributed by atoms with Gasteiger partial charge in [0.25, 0.3) is 0 Å². The van der Waals surface area contributed by atoms with Crippen molar-refractivity contribution >= 4 is 12.4 Å². The number of hydrogen-bond donors (Lipinski definition) is 1. The van der Waals surface area contributed by atoms with Crippen molar-refractivity contribution in [1.29, 1.82) is 0 Å². The molecule has 0 bridgehead atoms. The lowest BCUT2D eigenvalue weighted by molar-refractivity contribution is -0.870. The van der Waals surface area contributed by atoms with Crippen LogP contribution in [0.3, 0.4) is 0 Å². The first kappa shape index (κ1) is 28.4. The molecule has 0 aliphatic carbocycles. The van der Waals surface area contributed by atoms with Gasteiger partial charge in [-0.1, -0.05) is 51.5 Å². The molecule has 0 unspecified atom stereocenters. The highest BCUT2D eigenvalue weighted by molar-refractivity contribution is 5.85. The van der Waals surface area contributed by atoms with Gasteiger partial charge in [0.15, 0.2) is 0 Å². The van der Waals surface area contributed by atoms with Gasteiger partial charge in [0.05, 0.1) is 27.7 Å². The van der Waals surface area contributed by atoms with Crippen molar-refractivity contribution in [2.24, 2.45) is 5.73 Å². The van der Waals surface area contributed by atoms with E-state index in [0.717, 1.165) is 4.48 Å². The second-order valence-corrected chi connectivity index (χ2v) is 6.01. The maximum Gasteiger partial charge on any atom is 0.0780 e. The summed E-state index contributed by atoms with van der Waals surface area (Å²) in [6, 6.07) is 0. The standard InChI is InChI=1S/C13H30N.C3H7N.2ClH/c1-5-6-7-8-9-10-11-12-13-14(2,3)4;1-2-3-4;;/h5-13H2,1-4H3;2H,1,3-4H2;2*1H/q+1;;;/p-1. The highest BCUT2D eigenvalue weighted by Crippen LogP contribution is 2.09. The maximum absolute atomic E-state index is 4.91. The van der Waals surface area contributed by atoms with E-state index in [9.17, 15) is 0 Å². The highest BCUT2D eigenvalue weighted by atomic mass is 35.5. The molecule has 0 radical (unpaired) electrons. The third-order valence-electron chi connectivity index (χ3n) is 2.85. The molecule has 0 saturated heterocycles. The Bertz CT molecular complexity index is 168. The smallest absolute Gasteiger partial charge is 0.0780 e. The van der Waals surface area contributed by atoms with Crippen molar-refractivity contribution in [3.05, 3.63) is 12.7 Å². The third kappa shape index (κ3) is 36.2. The summed E-state index contributed by atoms with van der Waals surface area (Å²) >= 11 is 0. The minimum absolute atomic E-state index is 0. The number of nitrogens with zero attached hydrogens (tertiary/aromatic N) is 1. The largest absolute Gasteiger partial charge is 1.00 e. The average Bonchev–Trinajstić information content (AvgIpc) is 2.31. The van der Waals surface area contributed by atoms with Crippen LogP contribution in [0.25, 0.3) is 0 Å². The molecular formula is C16H38Cl2N2. The first-order valence-corrected chi connectivity index (χ1v) is 7.59. The van der Waals surface area contributed by atoms with E-state index in [1.54, 1.807) is 6.08 Å². The summed E-state index contributed by atoms with van der Waals surface area (Å²) in [5.74, 6) is 0. The van der Waals surface area contributed by atoms with E-state index in [4.69, 9.17) is 5.73 Å². The summed E-state index contributed by atoms with van der Waals surface area (Å²) in [4.78, 5) is 0. The summed E-state index contributed by atoms with van der Waals surface area (Å²) in [5, 5.41) is 0. The lowest BCUT2D eigenvalue weighted by Gasteiger charge is -2.23. The summed E-state index contributed by atoms with van der Waals surface area (Å²) in [7, 11) is 6.84. The fourth-order valence-corrected chi connectivity index (χ4v) is 1.72. The molecule has 2 nitrogen and oxygen atoms in total. The zero-order valence-electron chi connectivity index (χ0n) is 14.2. The van der Waals surface area contributed by atoms with Crippen LogP contribution >= 0.6 is 12.4 Å². The van der Waals surface area contributed by atoms with E-state index < -0.39 is 0 Å². The molecule has 4 heteroatoms. The van der Waals surface area contributed by atoms with E-state index in [2.05, 4.69) is 34.6 Å². The topological polar surface area (TPSA) is 26.0 Å². The molecule has 0 amide bonds. The number of unbranched alkanes of at least 4 members (excludes halogenated alkanes) is 7. The molecule has 0 aromatic heterocycles. The number of hydrogen-bond acceptors (Lipinski definition) is 1. The first-order chi connectivity index (χ1) is 8.47. The van der Waals surface area contributed by atoms with Crippen molar-refractivity contribution in [3.63, 3.8) is 0 Å². The van der Waals surface area contributed by atoms with Gasteiger partial charge in [-0.05, 0) is 12.8 Å². The molecule has 0 aliphatic heterocycles. The van der Waals surface area contributed by atoms with Gasteiger partial charge in [0, 0.05) is 6.54 Å². The number of nitrogens with two attached hydrogens (primary N) is 1. The molecule has 2 N–H and O–H groups in total. The van der Waals surface area contributed by atoms with Crippen LogP contribution < -0.4 is 18.1 Å². The monoisotopic (exact) mass is 328 g/mol. The van der Waals surface area contributed by atoms with Crippen LogP contribution in [0.4, 0.5) is 0 Å². The summed E-state index contributed by atoms with van der Waals surface area (Å²) < 4.78 is 1.12. The Morgan fingerprint density at radius 2 is 1.25 bits per heavy atom. The lowest BCUT2D eigenvalue weighted by Crippen LogP contribution is -3.00. The van der Waals surface area contributed by atoms with Gasteiger partial charge < -0.3 is 22.6 Å². The van der Waals surface area contributed by atoms with Crippen molar-refractivity contribution in [2.75, 3.05) is 34.2 Å². The second kappa shape index (κ2) is 21.5. The van der Waals surface area contributed by atoms with E-state index in [1.807, 2.05) is 0 Å². The minimum atomic E-state index is 0. The Labute approximate surface area is 140 Å². The van der Waals surface area contributed by atoms with Crippen LogP contribution in [0.1, 0.15) is 58.3 Å². The number of halogens is 2. The van der Waals surface area contributed by atoms with Crippen molar-refractivity contribution < 1.29 is 16.9 Å². The van der Waals surface area contributed by atoms with E-state index >= 15 is 0 Å². The van der Waals surface area contributed by atoms with Gasteiger partial charge in [-0.15, -0.1) is 19.0 Å². The fourth-order valence-electron chi connectivity index (χ4n) is 1.72. The van der Waals surface area contributed by atoms with Gasteiger partial charge in [0.2, 0.25) is 0 Å². The third-order valence-corrected chi connectivity index (χ3v) is 2.85. The SMILES string of the molecule is C=CCN.CCCCCCCCCC[N+](C)(C)C.Cl.[Cl-]. The van der Waals surface area contributed by atoms with Gasteiger partial charge in [-0.25, -0.2) is 0 Å². The quantitative estimate of drug-likeness (QED) is 0.366. The second-order valence-electron chi connectivity index (χ2n) is 6.01. The van der Waals surface area contributed by atoms with Crippen LogP contribution in [0.15, 0.2) is 12.7 Å². The summed E-state index contributed by atoms with van der Waals surface area (Å²) in [6.07, 6.45) is 13.1. The summed E-state index contributed by atoms with van der Waals surface area (Å²) in [5.41, 5.74) is 4.91. The molecule has 0 saturated carbocycles. The normalized spacial score (nSPS) is 9.65. The predicted molar refractivity (Wildman–Crippen MR) is 92.0 cm³/mol. The molecule has 0 rings (SSSR count). The Morgan fingerprint density at radius 1 is 0.900 bits per heavy atom. The average molecular weight is 329 g/mol. The van der Waals surface area contributed by atoms with Crippen molar-refractivity contribution in [3.8, 4) is 0 Å². The molecule has 0 spiro atoms. The minimum Gasteiger partial charge on any atom is -1.00 e. The van der Waals surface area contributed by atoms with Crippen LogP contribution in [-0.2, 0) is 0 Å². The Balaban J connectivity index is -0.000000188. The van der Waals surface area contributed by atoms with Gasteiger partial charge in [-0.3, -0.25) is 0 Å².